The molecule has 0 saturated heterocycles. The molecular formula is C12H9LiO4. The number of carbonyl (C=O) groups is 2. The SMILES string of the molecule is O=C(O)c1ccc2ccccc2c1C(=O)O.[LiH]. The van der Waals surface area contributed by atoms with Gasteiger partial charge in [0.05, 0.1) is 11.1 Å². The summed E-state index contributed by atoms with van der Waals surface area (Å²) in [7, 11) is 0. The first-order valence-electron chi connectivity index (χ1n) is 4.59. The molecule has 0 heterocycles. The molecule has 4 nitrogen and oxygen atoms in total. The Bertz CT molecular complexity index is 592. The molecule has 5 heteroatoms. The van der Waals surface area contributed by atoms with Crippen molar-refractivity contribution in [3.05, 3.63) is 47.5 Å². The molecule has 0 bridgehead atoms. The van der Waals surface area contributed by atoms with Crippen molar-refractivity contribution in [1.82, 2.24) is 0 Å². The van der Waals surface area contributed by atoms with E-state index in [4.69, 9.17) is 10.2 Å². The van der Waals surface area contributed by atoms with Gasteiger partial charge in [-0.3, -0.25) is 0 Å². The van der Waals surface area contributed by atoms with Crippen LogP contribution in [-0.2, 0) is 0 Å². The molecule has 0 aliphatic heterocycles. The molecule has 0 atom stereocenters. The van der Waals surface area contributed by atoms with Crippen LogP contribution in [0.1, 0.15) is 20.7 Å². The van der Waals surface area contributed by atoms with Gasteiger partial charge in [0.2, 0.25) is 0 Å². The fourth-order valence-corrected chi connectivity index (χ4v) is 1.68. The Labute approximate surface area is 109 Å². The number of hydrogen-bond acceptors (Lipinski definition) is 2. The van der Waals surface area contributed by atoms with E-state index in [1.165, 1.54) is 6.07 Å². The van der Waals surface area contributed by atoms with Crippen LogP contribution in [0.25, 0.3) is 10.8 Å². The number of carboxylic acids is 2. The van der Waals surface area contributed by atoms with Crippen molar-refractivity contribution in [3.63, 3.8) is 0 Å². The Morgan fingerprint density at radius 2 is 1.53 bits per heavy atom. The molecular weight excluding hydrogens is 215 g/mol. The van der Waals surface area contributed by atoms with Crippen molar-refractivity contribution in [2.24, 2.45) is 0 Å². The van der Waals surface area contributed by atoms with E-state index in [-0.39, 0.29) is 30.0 Å². The van der Waals surface area contributed by atoms with Crippen LogP contribution in [0.2, 0.25) is 0 Å². The van der Waals surface area contributed by atoms with Crippen LogP contribution in [0.4, 0.5) is 0 Å². The predicted molar refractivity (Wildman–Crippen MR) is 65.0 cm³/mol. The monoisotopic (exact) mass is 224 g/mol. The third-order valence-corrected chi connectivity index (χ3v) is 2.37. The van der Waals surface area contributed by atoms with Crippen LogP contribution in [-0.4, -0.2) is 41.0 Å². The van der Waals surface area contributed by atoms with Crippen molar-refractivity contribution in [2.45, 2.75) is 0 Å². The van der Waals surface area contributed by atoms with Gasteiger partial charge in [0.1, 0.15) is 0 Å². The molecule has 2 rings (SSSR count). The number of carboxylic acid groups (broad SMARTS) is 2. The van der Waals surface area contributed by atoms with Gasteiger partial charge in [0, 0.05) is 0 Å². The molecule has 0 saturated carbocycles. The maximum absolute atomic E-state index is 11.1. The van der Waals surface area contributed by atoms with Gasteiger partial charge in [-0.25, -0.2) is 9.59 Å². The summed E-state index contributed by atoms with van der Waals surface area (Å²) in [5.41, 5.74) is -0.350. The molecule has 0 aliphatic carbocycles. The molecule has 17 heavy (non-hydrogen) atoms. The zero-order valence-corrected chi connectivity index (χ0v) is 8.18. The topological polar surface area (TPSA) is 74.6 Å². The first-order valence-corrected chi connectivity index (χ1v) is 4.59. The van der Waals surface area contributed by atoms with Gasteiger partial charge in [-0.1, -0.05) is 30.3 Å². The normalized spacial score (nSPS) is 9.65. The minimum absolute atomic E-state index is 0. The number of hydrogen-bond donors (Lipinski definition) is 2. The van der Waals surface area contributed by atoms with Crippen LogP contribution in [0.3, 0.4) is 0 Å². The molecule has 2 aromatic carbocycles. The van der Waals surface area contributed by atoms with Crippen molar-refractivity contribution >= 4 is 41.6 Å². The average Bonchev–Trinajstić information content (AvgIpc) is 2.27. The van der Waals surface area contributed by atoms with Crippen LogP contribution >= 0.6 is 0 Å². The second-order valence-electron chi connectivity index (χ2n) is 3.32. The van der Waals surface area contributed by atoms with E-state index >= 15 is 0 Å². The minimum atomic E-state index is -1.23. The Morgan fingerprint density at radius 1 is 0.882 bits per heavy atom. The molecule has 0 fully saturated rings. The average molecular weight is 224 g/mol. The summed E-state index contributed by atoms with van der Waals surface area (Å²) >= 11 is 0. The molecule has 82 valence electrons. The summed E-state index contributed by atoms with van der Waals surface area (Å²) in [6, 6.07) is 9.72. The Morgan fingerprint density at radius 3 is 2.12 bits per heavy atom. The Kier molecular flexibility index (Phi) is 3.95. The Hall–Kier alpha value is -1.76. The first-order chi connectivity index (χ1) is 7.61. The molecule has 0 aliphatic rings. The molecule has 0 amide bonds. The number of benzene rings is 2. The third kappa shape index (κ3) is 2.33. The van der Waals surface area contributed by atoms with E-state index in [1.807, 2.05) is 0 Å². The molecule has 0 spiro atoms. The van der Waals surface area contributed by atoms with Gasteiger partial charge in [-0.2, -0.15) is 0 Å². The Balaban J connectivity index is 0.00000144. The number of rotatable bonds is 2. The van der Waals surface area contributed by atoms with Crippen LogP contribution < -0.4 is 0 Å². The van der Waals surface area contributed by atoms with Crippen molar-refractivity contribution in [2.75, 3.05) is 0 Å². The third-order valence-electron chi connectivity index (χ3n) is 2.37. The zero-order valence-electron chi connectivity index (χ0n) is 8.18. The molecule has 0 radical (unpaired) electrons. The molecule has 0 unspecified atom stereocenters. The summed E-state index contributed by atoms with van der Waals surface area (Å²) in [5, 5.41) is 19.1. The maximum atomic E-state index is 11.1. The summed E-state index contributed by atoms with van der Waals surface area (Å²) in [5.74, 6) is -2.46. The summed E-state index contributed by atoms with van der Waals surface area (Å²) in [6.45, 7) is 0. The second kappa shape index (κ2) is 5.05. The zero-order chi connectivity index (χ0) is 11.7. The number of aromatic carboxylic acids is 2. The van der Waals surface area contributed by atoms with Crippen LogP contribution in [0.15, 0.2) is 36.4 Å². The van der Waals surface area contributed by atoms with E-state index < -0.39 is 11.9 Å². The second-order valence-corrected chi connectivity index (χ2v) is 3.32. The van der Waals surface area contributed by atoms with Crippen molar-refractivity contribution < 1.29 is 19.8 Å². The van der Waals surface area contributed by atoms with E-state index in [0.29, 0.717) is 10.8 Å². The predicted octanol–water partition coefficient (Wildman–Crippen LogP) is 1.59. The van der Waals surface area contributed by atoms with Gasteiger partial charge in [0.25, 0.3) is 0 Å². The van der Waals surface area contributed by atoms with E-state index in [0.717, 1.165) is 0 Å². The van der Waals surface area contributed by atoms with Gasteiger partial charge in [-0.15, -0.1) is 0 Å². The molecule has 0 aromatic heterocycles. The fourth-order valence-electron chi connectivity index (χ4n) is 1.68. The molecule has 2 aromatic rings. The summed E-state index contributed by atoms with van der Waals surface area (Å²) < 4.78 is 0. The van der Waals surface area contributed by atoms with Gasteiger partial charge < -0.3 is 10.2 Å². The fraction of sp³-hybridized carbons (Fsp3) is 0. The van der Waals surface area contributed by atoms with Crippen molar-refractivity contribution in [1.29, 1.82) is 0 Å². The van der Waals surface area contributed by atoms with Crippen LogP contribution in [0, 0.1) is 0 Å². The standard InChI is InChI=1S/C12H8O4.Li.H/c13-11(14)9-6-5-7-3-1-2-4-8(7)10(9)12(15)16;;/h1-6H,(H,13,14)(H,15,16);;. The first kappa shape index (κ1) is 13.3. The van der Waals surface area contributed by atoms with E-state index in [9.17, 15) is 9.59 Å². The summed E-state index contributed by atoms with van der Waals surface area (Å²) in [4.78, 5) is 22.0. The number of fused-ring (bicyclic) bond motifs is 1. The molecule has 2 N–H and O–H groups in total. The van der Waals surface area contributed by atoms with Crippen molar-refractivity contribution in [3.8, 4) is 0 Å². The van der Waals surface area contributed by atoms with Crippen LogP contribution in [0.5, 0.6) is 0 Å². The van der Waals surface area contributed by atoms with Gasteiger partial charge >= 0.3 is 30.8 Å². The quantitative estimate of drug-likeness (QED) is 0.759. The summed E-state index contributed by atoms with van der Waals surface area (Å²) in [6.07, 6.45) is 0. The van der Waals surface area contributed by atoms with E-state index in [1.54, 1.807) is 30.3 Å². The van der Waals surface area contributed by atoms with Gasteiger partial charge in [0.15, 0.2) is 0 Å². The van der Waals surface area contributed by atoms with E-state index in [2.05, 4.69) is 0 Å². The van der Waals surface area contributed by atoms with Gasteiger partial charge in [-0.05, 0) is 16.8 Å².